The molecule has 0 aliphatic heterocycles. The van der Waals surface area contributed by atoms with Crippen LogP contribution in [0.15, 0.2) is 0 Å². The number of carboxylic acids is 1. The van der Waals surface area contributed by atoms with Crippen molar-refractivity contribution in [3.8, 4) is 0 Å². The summed E-state index contributed by atoms with van der Waals surface area (Å²) in [5, 5.41) is 11.8. The van der Waals surface area contributed by atoms with Crippen molar-refractivity contribution in [1.82, 2.24) is 5.32 Å². The van der Waals surface area contributed by atoms with E-state index in [1.54, 1.807) is 0 Å². The molecular weight excluding hydrogens is 244 g/mol. The van der Waals surface area contributed by atoms with Crippen LogP contribution in [0.4, 0.5) is 0 Å². The van der Waals surface area contributed by atoms with Crippen LogP contribution in [0.1, 0.15) is 46.0 Å². The Kier molecular flexibility index (Phi) is 6.28. The number of nitrogens with one attached hydrogen (secondary N) is 1. The summed E-state index contributed by atoms with van der Waals surface area (Å²) in [5.74, 6) is -0.167. The van der Waals surface area contributed by atoms with Crippen LogP contribution in [0.3, 0.4) is 0 Å². The van der Waals surface area contributed by atoms with Crippen LogP contribution in [0.2, 0.25) is 0 Å². The van der Waals surface area contributed by atoms with Gasteiger partial charge in [-0.3, -0.25) is 9.59 Å². The van der Waals surface area contributed by atoms with E-state index in [1.807, 2.05) is 13.8 Å². The van der Waals surface area contributed by atoms with Gasteiger partial charge in [0.15, 0.2) is 0 Å². The third-order valence-corrected chi connectivity index (χ3v) is 4.06. The van der Waals surface area contributed by atoms with Crippen LogP contribution in [-0.4, -0.2) is 29.6 Å². The second-order valence-corrected chi connectivity index (χ2v) is 5.97. The van der Waals surface area contributed by atoms with Crippen molar-refractivity contribution in [2.24, 2.45) is 23.5 Å². The Balaban J connectivity index is 2.20. The van der Waals surface area contributed by atoms with Crippen LogP contribution in [-0.2, 0) is 9.59 Å². The fraction of sp³-hybridized carbons (Fsp3) is 0.857. The van der Waals surface area contributed by atoms with Gasteiger partial charge in [0.05, 0.1) is 5.92 Å². The largest absolute Gasteiger partial charge is 0.481 e. The summed E-state index contributed by atoms with van der Waals surface area (Å²) in [7, 11) is 0. The zero-order chi connectivity index (χ0) is 14.4. The molecule has 1 unspecified atom stereocenters. The SMILES string of the molecule is CC(C)C(N)CC(=O)NCC1CCC(C(=O)O)CC1. The highest BCUT2D eigenvalue weighted by molar-refractivity contribution is 5.76. The lowest BCUT2D eigenvalue weighted by Gasteiger charge is -2.26. The molecule has 110 valence electrons. The number of hydrogen-bond acceptors (Lipinski definition) is 3. The van der Waals surface area contributed by atoms with Gasteiger partial charge < -0.3 is 16.2 Å². The molecule has 0 aromatic rings. The maximum atomic E-state index is 11.7. The summed E-state index contributed by atoms with van der Waals surface area (Å²) in [6.07, 6.45) is 3.58. The zero-order valence-electron chi connectivity index (χ0n) is 11.9. The number of amides is 1. The lowest BCUT2D eigenvalue weighted by molar-refractivity contribution is -0.143. The first-order valence-corrected chi connectivity index (χ1v) is 7.15. The van der Waals surface area contributed by atoms with Crippen molar-refractivity contribution >= 4 is 11.9 Å². The summed E-state index contributed by atoms with van der Waals surface area (Å²) in [6, 6.07) is -0.0947. The molecule has 0 radical (unpaired) electrons. The number of carboxylic acid groups (broad SMARTS) is 1. The van der Waals surface area contributed by atoms with Gasteiger partial charge in [-0.15, -0.1) is 0 Å². The predicted molar refractivity (Wildman–Crippen MR) is 73.5 cm³/mol. The second-order valence-electron chi connectivity index (χ2n) is 5.97. The Labute approximate surface area is 114 Å². The van der Waals surface area contributed by atoms with Crippen LogP contribution < -0.4 is 11.1 Å². The normalized spacial score (nSPS) is 25.1. The molecule has 0 bridgehead atoms. The molecule has 1 amide bonds. The molecule has 5 heteroatoms. The maximum Gasteiger partial charge on any atom is 0.306 e. The molecule has 1 fully saturated rings. The second kappa shape index (κ2) is 7.48. The van der Waals surface area contributed by atoms with Gasteiger partial charge in [0, 0.05) is 19.0 Å². The fourth-order valence-corrected chi connectivity index (χ4v) is 2.39. The van der Waals surface area contributed by atoms with E-state index in [2.05, 4.69) is 5.32 Å². The minimum Gasteiger partial charge on any atom is -0.481 e. The van der Waals surface area contributed by atoms with Gasteiger partial charge in [-0.2, -0.15) is 0 Å². The molecular formula is C14H26N2O3. The highest BCUT2D eigenvalue weighted by Crippen LogP contribution is 2.28. The molecule has 0 spiro atoms. The van der Waals surface area contributed by atoms with E-state index in [9.17, 15) is 9.59 Å². The van der Waals surface area contributed by atoms with E-state index in [4.69, 9.17) is 10.8 Å². The molecule has 1 saturated carbocycles. The number of nitrogens with two attached hydrogens (primary N) is 1. The number of carbonyl (C=O) groups is 2. The van der Waals surface area contributed by atoms with Crippen LogP contribution in [0.5, 0.6) is 0 Å². The minimum absolute atomic E-state index is 0.00144. The summed E-state index contributed by atoms with van der Waals surface area (Å²) in [6.45, 7) is 4.66. The third kappa shape index (κ3) is 5.59. The van der Waals surface area contributed by atoms with Crippen LogP contribution in [0.25, 0.3) is 0 Å². The molecule has 1 aliphatic carbocycles. The number of carbonyl (C=O) groups excluding carboxylic acids is 1. The van der Waals surface area contributed by atoms with Crippen LogP contribution in [0, 0.1) is 17.8 Å². The zero-order valence-corrected chi connectivity index (χ0v) is 11.9. The smallest absolute Gasteiger partial charge is 0.306 e. The molecule has 5 nitrogen and oxygen atoms in total. The summed E-state index contributed by atoms with van der Waals surface area (Å²) < 4.78 is 0. The molecule has 0 saturated heterocycles. The van der Waals surface area contributed by atoms with Crippen molar-refractivity contribution in [3.63, 3.8) is 0 Å². The first-order valence-electron chi connectivity index (χ1n) is 7.15. The summed E-state index contributed by atoms with van der Waals surface area (Å²) >= 11 is 0. The lowest BCUT2D eigenvalue weighted by Crippen LogP contribution is -2.37. The maximum absolute atomic E-state index is 11.7. The van der Waals surface area contributed by atoms with Crippen molar-refractivity contribution in [2.75, 3.05) is 6.54 Å². The van der Waals surface area contributed by atoms with Crippen molar-refractivity contribution in [2.45, 2.75) is 52.0 Å². The van der Waals surface area contributed by atoms with E-state index in [0.29, 0.717) is 24.8 Å². The van der Waals surface area contributed by atoms with Crippen molar-refractivity contribution < 1.29 is 14.7 Å². The first kappa shape index (κ1) is 16.0. The Morgan fingerprint density at radius 3 is 2.32 bits per heavy atom. The minimum atomic E-state index is -0.689. The Bertz CT molecular complexity index is 310. The topological polar surface area (TPSA) is 92.4 Å². The summed E-state index contributed by atoms with van der Waals surface area (Å²) in [4.78, 5) is 22.5. The highest BCUT2D eigenvalue weighted by Gasteiger charge is 2.26. The quantitative estimate of drug-likeness (QED) is 0.679. The van der Waals surface area contributed by atoms with Gasteiger partial charge >= 0.3 is 5.97 Å². The predicted octanol–water partition coefficient (Wildman–Crippen LogP) is 1.37. The Morgan fingerprint density at radius 2 is 1.84 bits per heavy atom. The van der Waals surface area contributed by atoms with Crippen LogP contribution >= 0.6 is 0 Å². The first-order chi connectivity index (χ1) is 8.90. The molecule has 1 atom stereocenters. The molecule has 1 rings (SSSR count). The molecule has 0 heterocycles. The van der Waals surface area contributed by atoms with E-state index in [0.717, 1.165) is 25.7 Å². The standard InChI is InChI=1S/C14H26N2O3/c1-9(2)12(15)7-13(17)16-8-10-3-5-11(6-4-10)14(18)19/h9-12H,3-8,15H2,1-2H3,(H,16,17)(H,18,19). The highest BCUT2D eigenvalue weighted by atomic mass is 16.4. The van der Waals surface area contributed by atoms with E-state index in [1.165, 1.54) is 0 Å². The average Bonchev–Trinajstić information content (AvgIpc) is 2.36. The fourth-order valence-electron chi connectivity index (χ4n) is 2.39. The van der Waals surface area contributed by atoms with Gasteiger partial charge in [-0.1, -0.05) is 13.8 Å². The Hall–Kier alpha value is -1.10. The molecule has 19 heavy (non-hydrogen) atoms. The molecule has 0 aromatic heterocycles. The molecule has 1 aliphatic rings. The monoisotopic (exact) mass is 270 g/mol. The van der Waals surface area contributed by atoms with Gasteiger partial charge in [-0.25, -0.2) is 0 Å². The van der Waals surface area contributed by atoms with Gasteiger partial charge in [0.2, 0.25) is 5.91 Å². The van der Waals surface area contributed by atoms with Crippen molar-refractivity contribution in [3.05, 3.63) is 0 Å². The van der Waals surface area contributed by atoms with Gasteiger partial charge in [-0.05, 0) is 37.5 Å². The van der Waals surface area contributed by atoms with E-state index in [-0.39, 0.29) is 17.9 Å². The average molecular weight is 270 g/mol. The molecule has 4 N–H and O–H groups in total. The lowest BCUT2D eigenvalue weighted by atomic mass is 9.82. The van der Waals surface area contributed by atoms with E-state index >= 15 is 0 Å². The van der Waals surface area contributed by atoms with Gasteiger partial charge in [0.1, 0.15) is 0 Å². The van der Waals surface area contributed by atoms with E-state index < -0.39 is 5.97 Å². The molecule has 0 aromatic carbocycles. The number of hydrogen-bond donors (Lipinski definition) is 3. The Morgan fingerprint density at radius 1 is 1.26 bits per heavy atom. The van der Waals surface area contributed by atoms with Gasteiger partial charge in [0.25, 0.3) is 0 Å². The third-order valence-electron chi connectivity index (χ3n) is 4.06. The number of rotatable bonds is 6. The number of aliphatic carboxylic acids is 1. The van der Waals surface area contributed by atoms with Crippen molar-refractivity contribution in [1.29, 1.82) is 0 Å². The summed E-state index contributed by atoms with van der Waals surface area (Å²) in [5.41, 5.74) is 5.85.